The van der Waals surface area contributed by atoms with Gasteiger partial charge in [-0.25, -0.2) is 0 Å². The van der Waals surface area contributed by atoms with Gasteiger partial charge in [0.25, 0.3) is 0 Å². The average Bonchev–Trinajstić information content (AvgIpc) is 2.58. The van der Waals surface area contributed by atoms with Crippen LogP contribution in [0, 0.1) is 6.92 Å². The van der Waals surface area contributed by atoms with Crippen LogP contribution in [0.5, 0.6) is 5.75 Å². The van der Waals surface area contributed by atoms with E-state index in [0.29, 0.717) is 16.9 Å². The molecule has 0 aliphatic heterocycles. The Hall–Kier alpha value is -1.84. The van der Waals surface area contributed by atoms with Gasteiger partial charge in [0.2, 0.25) is 0 Å². The van der Waals surface area contributed by atoms with E-state index in [4.69, 9.17) is 9.26 Å². The molecule has 0 fully saturated rings. The first kappa shape index (κ1) is 8.74. The van der Waals surface area contributed by atoms with Gasteiger partial charge in [-0.15, -0.1) is 0 Å². The van der Waals surface area contributed by atoms with Gasteiger partial charge in [-0.3, -0.25) is 4.79 Å². The quantitative estimate of drug-likeness (QED) is 0.681. The summed E-state index contributed by atoms with van der Waals surface area (Å²) in [5, 5.41) is 4.64. The number of benzene rings is 1. The van der Waals surface area contributed by atoms with Crippen LogP contribution in [-0.4, -0.2) is 18.6 Å². The lowest BCUT2D eigenvalue weighted by Gasteiger charge is -2.01. The van der Waals surface area contributed by atoms with Gasteiger partial charge < -0.3 is 9.26 Å². The van der Waals surface area contributed by atoms with Crippen LogP contribution >= 0.6 is 0 Å². The summed E-state index contributed by atoms with van der Waals surface area (Å²) in [6.45, 7) is 1.83. The molecule has 1 heterocycles. The van der Waals surface area contributed by atoms with Crippen molar-refractivity contribution < 1.29 is 14.1 Å². The van der Waals surface area contributed by atoms with Gasteiger partial charge in [-0.05, 0) is 13.0 Å². The van der Waals surface area contributed by atoms with Crippen LogP contribution in [0.1, 0.15) is 16.1 Å². The zero-order valence-corrected chi connectivity index (χ0v) is 7.90. The zero-order chi connectivity index (χ0) is 10.1. The summed E-state index contributed by atoms with van der Waals surface area (Å²) in [6, 6.07) is 3.38. The lowest BCUT2D eigenvalue weighted by molar-refractivity contribution is 0.112. The molecule has 0 saturated heterocycles. The number of aldehydes is 1. The number of carbonyl (C=O) groups excluding carboxylic acids is 1. The Labute approximate surface area is 80.4 Å². The van der Waals surface area contributed by atoms with Gasteiger partial charge >= 0.3 is 0 Å². The predicted molar refractivity (Wildman–Crippen MR) is 50.7 cm³/mol. The molecule has 0 aliphatic rings. The number of aryl methyl sites for hydroxylation is 1. The second kappa shape index (κ2) is 3.14. The summed E-state index contributed by atoms with van der Waals surface area (Å²) in [4.78, 5) is 10.7. The zero-order valence-electron chi connectivity index (χ0n) is 7.90. The van der Waals surface area contributed by atoms with E-state index in [-0.39, 0.29) is 0 Å². The summed E-state index contributed by atoms with van der Waals surface area (Å²) >= 11 is 0. The summed E-state index contributed by atoms with van der Waals surface area (Å²) in [6.07, 6.45) is 0.755. The molecular weight excluding hydrogens is 182 g/mol. The van der Waals surface area contributed by atoms with Gasteiger partial charge in [0.1, 0.15) is 5.75 Å². The molecule has 0 unspecified atom stereocenters. The fourth-order valence-corrected chi connectivity index (χ4v) is 1.37. The van der Waals surface area contributed by atoms with Crippen molar-refractivity contribution in [3.8, 4) is 5.75 Å². The van der Waals surface area contributed by atoms with Crippen molar-refractivity contribution in [2.24, 2.45) is 0 Å². The molecule has 0 aliphatic carbocycles. The summed E-state index contributed by atoms with van der Waals surface area (Å²) in [5.41, 5.74) is 1.90. The van der Waals surface area contributed by atoms with E-state index in [2.05, 4.69) is 5.16 Å². The number of rotatable bonds is 2. The molecule has 0 N–H and O–H groups in total. The first-order chi connectivity index (χ1) is 6.76. The fraction of sp³-hybridized carbons (Fsp3) is 0.200. The van der Waals surface area contributed by atoms with Crippen molar-refractivity contribution in [3.63, 3.8) is 0 Å². The maximum absolute atomic E-state index is 10.7. The van der Waals surface area contributed by atoms with E-state index in [1.807, 2.05) is 6.92 Å². The molecule has 2 rings (SSSR count). The van der Waals surface area contributed by atoms with Gasteiger partial charge in [0.05, 0.1) is 18.4 Å². The maximum Gasteiger partial charge on any atom is 0.170 e. The van der Waals surface area contributed by atoms with Crippen molar-refractivity contribution in [1.29, 1.82) is 0 Å². The minimum absolute atomic E-state index is 0.503. The molecule has 0 bridgehead atoms. The minimum atomic E-state index is 0.503. The predicted octanol–water partition coefficient (Wildman–Crippen LogP) is 1.96. The minimum Gasteiger partial charge on any atom is -0.496 e. The molecule has 1 aromatic carbocycles. The van der Waals surface area contributed by atoms with E-state index in [1.54, 1.807) is 12.1 Å². The highest BCUT2D eigenvalue weighted by atomic mass is 16.5. The molecule has 0 amide bonds. The molecule has 0 saturated carbocycles. The van der Waals surface area contributed by atoms with Crippen LogP contribution in [0.25, 0.3) is 11.0 Å². The van der Waals surface area contributed by atoms with Crippen molar-refractivity contribution in [3.05, 3.63) is 23.4 Å². The van der Waals surface area contributed by atoms with E-state index in [1.165, 1.54) is 7.11 Å². The fourth-order valence-electron chi connectivity index (χ4n) is 1.37. The normalized spacial score (nSPS) is 10.4. The van der Waals surface area contributed by atoms with Gasteiger partial charge in [-0.1, -0.05) is 5.16 Å². The highest BCUT2D eigenvalue weighted by molar-refractivity contribution is 5.90. The summed E-state index contributed by atoms with van der Waals surface area (Å²) < 4.78 is 10.1. The number of fused-ring (bicyclic) bond motifs is 1. The molecule has 72 valence electrons. The van der Waals surface area contributed by atoms with Crippen molar-refractivity contribution in [2.45, 2.75) is 6.92 Å². The lowest BCUT2D eigenvalue weighted by atomic mass is 10.1. The monoisotopic (exact) mass is 191 g/mol. The van der Waals surface area contributed by atoms with Crippen LogP contribution in [0.3, 0.4) is 0 Å². The number of methoxy groups -OCH3 is 1. The number of carbonyl (C=O) groups is 1. The smallest absolute Gasteiger partial charge is 0.170 e. The van der Waals surface area contributed by atoms with Gasteiger partial charge in [0.15, 0.2) is 11.9 Å². The number of hydrogen-bond donors (Lipinski definition) is 0. The number of nitrogens with zero attached hydrogens (tertiary/aromatic N) is 1. The highest BCUT2D eigenvalue weighted by Gasteiger charge is 2.09. The van der Waals surface area contributed by atoms with E-state index < -0.39 is 0 Å². The second-order valence-electron chi connectivity index (χ2n) is 2.98. The average molecular weight is 191 g/mol. The molecular formula is C10H9NO3. The summed E-state index contributed by atoms with van der Waals surface area (Å²) in [7, 11) is 1.51. The Kier molecular flexibility index (Phi) is 1.96. The van der Waals surface area contributed by atoms with Crippen molar-refractivity contribution in [2.75, 3.05) is 7.11 Å². The van der Waals surface area contributed by atoms with Gasteiger partial charge in [-0.2, -0.15) is 0 Å². The number of hydrogen-bond acceptors (Lipinski definition) is 4. The summed E-state index contributed by atoms with van der Waals surface area (Å²) in [5.74, 6) is 0.503. The molecule has 1 aromatic heterocycles. The third-order valence-electron chi connectivity index (χ3n) is 2.13. The van der Waals surface area contributed by atoms with Gasteiger partial charge in [0, 0.05) is 11.5 Å². The Morgan fingerprint density at radius 2 is 2.29 bits per heavy atom. The number of ether oxygens (including phenoxy) is 1. The number of aromatic nitrogens is 1. The molecule has 0 radical (unpaired) electrons. The Balaban J connectivity index is 2.77. The first-order valence-electron chi connectivity index (χ1n) is 4.15. The standard InChI is InChI=1S/C10H9NO3/c1-6-8-3-7(5-12)9(13-2)4-10(8)14-11-6/h3-5H,1-2H3. The SMILES string of the molecule is COc1cc2onc(C)c2cc1C=O. The molecule has 0 spiro atoms. The first-order valence-corrected chi connectivity index (χ1v) is 4.15. The Morgan fingerprint density at radius 1 is 1.50 bits per heavy atom. The molecule has 0 atom stereocenters. The van der Waals surface area contributed by atoms with E-state index in [9.17, 15) is 4.79 Å². The second-order valence-corrected chi connectivity index (χ2v) is 2.98. The lowest BCUT2D eigenvalue weighted by Crippen LogP contribution is -1.89. The third kappa shape index (κ3) is 1.16. The molecule has 4 heteroatoms. The highest BCUT2D eigenvalue weighted by Crippen LogP contribution is 2.26. The van der Waals surface area contributed by atoms with Crippen LogP contribution in [0.2, 0.25) is 0 Å². The Morgan fingerprint density at radius 3 is 2.93 bits per heavy atom. The maximum atomic E-state index is 10.7. The van der Waals surface area contributed by atoms with Crippen molar-refractivity contribution >= 4 is 17.3 Å². The van der Waals surface area contributed by atoms with E-state index in [0.717, 1.165) is 17.4 Å². The van der Waals surface area contributed by atoms with E-state index >= 15 is 0 Å². The topological polar surface area (TPSA) is 52.3 Å². The van der Waals surface area contributed by atoms with Crippen LogP contribution in [0.15, 0.2) is 16.7 Å². The molecule has 4 nitrogen and oxygen atoms in total. The van der Waals surface area contributed by atoms with Crippen molar-refractivity contribution in [1.82, 2.24) is 5.16 Å². The van der Waals surface area contributed by atoms with Crippen LogP contribution < -0.4 is 4.74 Å². The largest absolute Gasteiger partial charge is 0.496 e. The van der Waals surface area contributed by atoms with Crippen LogP contribution in [0.4, 0.5) is 0 Å². The Bertz CT molecular complexity index is 487. The third-order valence-corrected chi connectivity index (χ3v) is 2.13. The molecule has 2 aromatic rings. The van der Waals surface area contributed by atoms with Crippen LogP contribution in [-0.2, 0) is 0 Å². The molecule has 14 heavy (non-hydrogen) atoms.